The lowest BCUT2D eigenvalue weighted by Crippen LogP contribution is -2.14. The lowest BCUT2D eigenvalue weighted by molar-refractivity contribution is -0.117. The molecule has 0 spiro atoms. The van der Waals surface area contributed by atoms with Crippen LogP contribution >= 0.6 is 0 Å². The van der Waals surface area contributed by atoms with Gasteiger partial charge in [-0.2, -0.15) is 0 Å². The number of rotatable bonds is 4. The Bertz CT molecular complexity index is 749. The molecule has 100 valence electrons. The predicted octanol–water partition coefficient (Wildman–Crippen LogP) is 2.33. The zero-order chi connectivity index (χ0) is 13.9. The number of benzene rings is 1. The number of aromatic amines is 1. The van der Waals surface area contributed by atoms with Crippen molar-refractivity contribution in [3.63, 3.8) is 0 Å². The molecule has 0 saturated heterocycles. The molecule has 0 radical (unpaired) electrons. The summed E-state index contributed by atoms with van der Waals surface area (Å²) in [4.78, 5) is 18.4. The molecule has 2 heterocycles. The van der Waals surface area contributed by atoms with Crippen LogP contribution in [0.1, 0.15) is 5.69 Å². The van der Waals surface area contributed by atoms with Crippen LogP contribution in [0.25, 0.3) is 10.9 Å². The van der Waals surface area contributed by atoms with Gasteiger partial charge >= 0.3 is 0 Å². The third kappa shape index (κ3) is 2.33. The van der Waals surface area contributed by atoms with E-state index in [-0.39, 0.29) is 12.3 Å². The number of hydrogen-bond acceptors (Lipinski definition) is 3. The SMILES string of the molecule is NC(=O)Cc1[nH]c2ccccc2c1Nc1ccncc1. The van der Waals surface area contributed by atoms with E-state index in [4.69, 9.17) is 5.73 Å². The molecule has 3 rings (SSSR count). The van der Waals surface area contributed by atoms with Crippen molar-refractivity contribution in [2.45, 2.75) is 6.42 Å². The van der Waals surface area contributed by atoms with Gasteiger partial charge in [-0.15, -0.1) is 0 Å². The second kappa shape index (κ2) is 5.05. The van der Waals surface area contributed by atoms with E-state index in [0.29, 0.717) is 0 Å². The van der Waals surface area contributed by atoms with E-state index in [0.717, 1.165) is 28.0 Å². The number of primary amides is 1. The Hall–Kier alpha value is -2.82. The molecule has 1 amide bonds. The van der Waals surface area contributed by atoms with Crippen molar-refractivity contribution in [3.05, 3.63) is 54.5 Å². The van der Waals surface area contributed by atoms with Gasteiger partial charge in [-0.25, -0.2) is 0 Å². The maximum absolute atomic E-state index is 11.2. The molecule has 2 aromatic heterocycles. The average Bonchev–Trinajstić information content (AvgIpc) is 2.77. The fourth-order valence-corrected chi connectivity index (χ4v) is 2.23. The summed E-state index contributed by atoms with van der Waals surface area (Å²) >= 11 is 0. The minimum Gasteiger partial charge on any atom is -0.369 e. The number of nitrogens with one attached hydrogen (secondary N) is 2. The Morgan fingerprint density at radius 2 is 1.95 bits per heavy atom. The van der Waals surface area contributed by atoms with Gasteiger partial charge in [-0.05, 0) is 18.2 Å². The molecule has 0 aliphatic rings. The van der Waals surface area contributed by atoms with E-state index >= 15 is 0 Å². The van der Waals surface area contributed by atoms with Gasteiger partial charge in [-0.3, -0.25) is 9.78 Å². The summed E-state index contributed by atoms with van der Waals surface area (Å²) in [6.45, 7) is 0. The molecule has 0 aliphatic carbocycles. The fourth-order valence-electron chi connectivity index (χ4n) is 2.23. The highest BCUT2D eigenvalue weighted by Gasteiger charge is 2.13. The van der Waals surface area contributed by atoms with Gasteiger partial charge in [0.25, 0.3) is 0 Å². The molecule has 5 nitrogen and oxygen atoms in total. The Kier molecular flexibility index (Phi) is 3.09. The van der Waals surface area contributed by atoms with Crippen LogP contribution in [-0.2, 0) is 11.2 Å². The first-order valence-electron chi connectivity index (χ1n) is 6.29. The monoisotopic (exact) mass is 266 g/mol. The van der Waals surface area contributed by atoms with Crippen LogP contribution in [-0.4, -0.2) is 15.9 Å². The van der Waals surface area contributed by atoms with Crippen molar-refractivity contribution in [1.82, 2.24) is 9.97 Å². The second-order valence-electron chi connectivity index (χ2n) is 4.53. The van der Waals surface area contributed by atoms with Gasteiger partial charge in [0.2, 0.25) is 5.91 Å². The van der Waals surface area contributed by atoms with E-state index in [1.807, 2.05) is 36.4 Å². The third-order valence-electron chi connectivity index (χ3n) is 3.08. The Morgan fingerprint density at radius 3 is 2.70 bits per heavy atom. The van der Waals surface area contributed by atoms with Gasteiger partial charge in [0.15, 0.2) is 0 Å². The predicted molar refractivity (Wildman–Crippen MR) is 78.7 cm³/mol. The van der Waals surface area contributed by atoms with Gasteiger partial charge in [-0.1, -0.05) is 18.2 Å². The number of amides is 1. The Balaban J connectivity index is 2.08. The summed E-state index contributed by atoms with van der Waals surface area (Å²) in [6.07, 6.45) is 3.60. The Labute approximate surface area is 115 Å². The van der Waals surface area contributed by atoms with Gasteiger partial charge in [0.05, 0.1) is 12.1 Å². The summed E-state index contributed by atoms with van der Waals surface area (Å²) in [5.41, 5.74) is 8.86. The van der Waals surface area contributed by atoms with Gasteiger partial charge in [0, 0.05) is 34.7 Å². The van der Waals surface area contributed by atoms with Crippen LogP contribution in [0.15, 0.2) is 48.8 Å². The summed E-state index contributed by atoms with van der Waals surface area (Å²) in [7, 11) is 0. The number of aromatic nitrogens is 2. The molecular formula is C15H14N4O. The van der Waals surface area contributed by atoms with Gasteiger partial charge in [0.1, 0.15) is 0 Å². The van der Waals surface area contributed by atoms with Crippen molar-refractivity contribution in [2.24, 2.45) is 5.73 Å². The quantitative estimate of drug-likeness (QED) is 0.677. The molecule has 0 aliphatic heterocycles. The van der Waals surface area contributed by atoms with E-state index in [1.165, 1.54) is 0 Å². The third-order valence-corrected chi connectivity index (χ3v) is 3.08. The maximum atomic E-state index is 11.2. The largest absolute Gasteiger partial charge is 0.369 e. The molecule has 1 aromatic carbocycles. The van der Waals surface area contributed by atoms with E-state index in [9.17, 15) is 4.79 Å². The van der Waals surface area contributed by atoms with Crippen LogP contribution in [0.4, 0.5) is 11.4 Å². The number of carbonyl (C=O) groups is 1. The van der Waals surface area contributed by atoms with E-state index in [2.05, 4.69) is 15.3 Å². The van der Waals surface area contributed by atoms with Crippen LogP contribution in [0, 0.1) is 0 Å². The van der Waals surface area contributed by atoms with Crippen molar-refractivity contribution >= 4 is 28.2 Å². The standard InChI is InChI=1S/C15H14N4O/c16-14(20)9-13-15(18-10-5-7-17-8-6-10)11-3-1-2-4-12(11)19-13/h1-8,19H,9H2,(H2,16,20)(H,17,18). The number of pyridine rings is 1. The number of anilines is 2. The molecule has 0 fully saturated rings. The number of carbonyl (C=O) groups excluding carboxylic acids is 1. The fraction of sp³-hybridized carbons (Fsp3) is 0.0667. The number of para-hydroxylation sites is 1. The number of nitrogens with zero attached hydrogens (tertiary/aromatic N) is 1. The summed E-state index contributed by atoms with van der Waals surface area (Å²) < 4.78 is 0. The highest BCUT2D eigenvalue weighted by molar-refractivity contribution is 5.97. The van der Waals surface area contributed by atoms with E-state index in [1.54, 1.807) is 12.4 Å². The smallest absolute Gasteiger partial charge is 0.223 e. The van der Waals surface area contributed by atoms with Crippen LogP contribution < -0.4 is 11.1 Å². The molecule has 3 aromatic rings. The number of H-pyrrole nitrogens is 1. The topological polar surface area (TPSA) is 83.8 Å². The zero-order valence-corrected chi connectivity index (χ0v) is 10.8. The molecule has 0 unspecified atom stereocenters. The number of fused-ring (bicyclic) bond motifs is 1. The van der Waals surface area contributed by atoms with Gasteiger partial charge < -0.3 is 16.0 Å². The molecule has 0 bridgehead atoms. The summed E-state index contributed by atoms with van der Waals surface area (Å²) in [6, 6.07) is 11.6. The molecule has 0 atom stereocenters. The highest BCUT2D eigenvalue weighted by Crippen LogP contribution is 2.30. The summed E-state index contributed by atoms with van der Waals surface area (Å²) in [5, 5.41) is 4.35. The Morgan fingerprint density at radius 1 is 1.20 bits per heavy atom. The van der Waals surface area contributed by atoms with Crippen molar-refractivity contribution < 1.29 is 4.79 Å². The number of hydrogen-bond donors (Lipinski definition) is 3. The molecule has 4 N–H and O–H groups in total. The van der Waals surface area contributed by atoms with Crippen LogP contribution in [0.5, 0.6) is 0 Å². The first-order valence-corrected chi connectivity index (χ1v) is 6.29. The van der Waals surface area contributed by atoms with Crippen molar-refractivity contribution in [3.8, 4) is 0 Å². The molecule has 5 heteroatoms. The van der Waals surface area contributed by atoms with E-state index < -0.39 is 0 Å². The zero-order valence-electron chi connectivity index (χ0n) is 10.8. The molecule has 0 saturated carbocycles. The highest BCUT2D eigenvalue weighted by atomic mass is 16.1. The summed E-state index contributed by atoms with van der Waals surface area (Å²) in [5.74, 6) is -0.366. The van der Waals surface area contributed by atoms with Crippen molar-refractivity contribution in [1.29, 1.82) is 0 Å². The lowest BCUT2D eigenvalue weighted by atomic mass is 10.2. The average molecular weight is 266 g/mol. The minimum absolute atomic E-state index is 0.169. The molecular weight excluding hydrogens is 252 g/mol. The first kappa shape index (κ1) is 12.2. The second-order valence-corrected chi connectivity index (χ2v) is 4.53. The lowest BCUT2D eigenvalue weighted by Gasteiger charge is -2.07. The molecule has 20 heavy (non-hydrogen) atoms. The van der Waals surface area contributed by atoms with Crippen LogP contribution in [0.2, 0.25) is 0 Å². The normalized spacial score (nSPS) is 10.6. The van der Waals surface area contributed by atoms with Crippen LogP contribution in [0.3, 0.4) is 0 Å². The first-order chi connectivity index (χ1) is 9.74. The maximum Gasteiger partial charge on any atom is 0.223 e. The number of nitrogens with two attached hydrogens (primary N) is 1. The minimum atomic E-state index is -0.366. The van der Waals surface area contributed by atoms with Crippen molar-refractivity contribution in [2.75, 3.05) is 5.32 Å².